The van der Waals surface area contributed by atoms with Gasteiger partial charge in [0.1, 0.15) is 0 Å². The van der Waals surface area contributed by atoms with E-state index in [1.807, 2.05) is 6.92 Å². The van der Waals surface area contributed by atoms with Crippen LogP contribution in [0.5, 0.6) is 0 Å². The van der Waals surface area contributed by atoms with Crippen LogP contribution in [0.2, 0.25) is 0 Å². The number of aliphatic hydroxyl groups excluding tert-OH is 1. The summed E-state index contributed by atoms with van der Waals surface area (Å²) < 4.78 is 0. The second-order valence-corrected chi connectivity index (χ2v) is 3.79. The molecule has 0 aromatic rings. The van der Waals surface area contributed by atoms with Gasteiger partial charge in [-0.05, 0) is 26.2 Å². The van der Waals surface area contributed by atoms with Gasteiger partial charge in [-0.1, -0.05) is 19.8 Å². The highest BCUT2D eigenvalue weighted by molar-refractivity contribution is 5.76. The number of aliphatic hydroxyl groups is 1. The lowest BCUT2D eigenvalue weighted by Crippen LogP contribution is -2.32. The zero-order chi connectivity index (χ0) is 10.8. The predicted octanol–water partition coefficient (Wildman–Crippen LogP) is 1.84. The average molecular weight is 201 g/mol. The third-order valence-corrected chi connectivity index (χ3v) is 2.21. The van der Waals surface area contributed by atoms with Gasteiger partial charge in [0.25, 0.3) is 0 Å². The van der Waals surface area contributed by atoms with Crippen LogP contribution < -0.4 is 5.32 Å². The average Bonchev–Trinajstić information content (AvgIpc) is 2.15. The first-order chi connectivity index (χ1) is 6.70. The lowest BCUT2D eigenvalue weighted by Gasteiger charge is -2.12. The lowest BCUT2D eigenvalue weighted by molar-refractivity contribution is -0.121. The molecule has 0 radical (unpaired) electrons. The minimum Gasteiger partial charge on any atom is -0.396 e. The first-order valence-corrected chi connectivity index (χ1v) is 5.61. The molecule has 1 amide bonds. The Kier molecular flexibility index (Phi) is 8.64. The molecule has 2 N–H and O–H groups in total. The second-order valence-electron chi connectivity index (χ2n) is 3.79. The molecule has 0 bridgehead atoms. The maximum absolute atomic E-state index is 11.3. The second kappa shape index (κ2) is 9.00. The van der Waals surface area contributed by atoms with Crippen molar-refractivity contribution in [2.45, 2.75) is 58.4 Å². The maximum Gasteiger partial charge on any atom is 0.220 e. The Morgan fingerprint density at radius 2 is 2.07 bits per heavy atom. The highest BCUT2D eigenvalue weighted by Gasteiger charge is 2.05. The van der Waals surface area contributed by atoms with Gasteiger partial charge in [-0.25, -0.2) is 0 Å². The van der Waals surface area contributed by atoms with Crippen molar-refractivity contribution in [1.29, 1.82) is 0 Å². The number of amides is 1. The van der Waals surface area contributed by atoms with Crippen LogP contribution in [0, 0.1) is 0 Å². The lowest BCUT2D eigenvalue weighted by atomic mass is 10.1. The van der Waals surface area contributed by atoms with Crippen LogP contribution in [0.25, 0.3) is 0 Å². The zero-order valence-corrected chi connectivity index (χ0v) is 9.38. The van der Waals surface area contributed by atoms with Crippen LogP contribution in [0.15, 0.2) is 0 Å². The van der Waals surface area contributed by atoms with Crippen LogP contribution in [0.1, 0.15) is 52.4 Å². The number of carbonyl (C=O) groups excluding carboxylic acids is 1. The normalized spacial score (nSPS) is 12.5. The Morgan fingerprint density at radius 1 is 1.36 bits per heavy atom. The topological polar surface area (TPSA) is 49.3 Å². The molecule has 0 aromatic carbocycles. The molecule has 0 fully saturated rings. The molecule has 3 nitrogen and oxygen atoms in total. The number of rotatable bonds is 8. The van der Waals surface area contributed by atoms with Crippen molar-refractivity contribution >= 4 is 5.91 Å². The van der Waals surface area contributed by atoms with E-state index in [1.165, 1.54) is 0 Å². The monoisotopic (exact) mass is 201 g/mol. The fraction of sp³-hybridized carbons (Fsp3) is 0.909. The third-order valence-electron chi connectivity index (χ3n) is 2.21. The van der Waals surface area contributed by atoms with Gasteiger partial charge >= 0.3 is 0 Å². The Labute approximate surface area is 86.9 Å². The smallest absolute Gasteiger partial charge is 0.220 e. The van der Waals surface area contributed by atoms with E-state index < -0.39 is 0 Å². The quantitative estimate of drug-likeness (QED) is 0.589. The molecular weight excluding hydrogens is 178 g/mol. The Hall–Kier alpha value is -0.570. The van der Waals surface area contributed by atoms with Crippen LogP contribution in [-0.4, -0.2) is 23.7 Å². The molecule has 1 atom stereocenters. The number of nitrogens with one attached hydrogen (secondary N) is 1. The van der Waals surface area contributed by atoms with E-state index in [9.17, 15) is 4.79 Å². The summed E-state index contributed by atoms with van der Waals surface area (Å²) in [6, 6.07) is 0.191. The largest absolute Gasteiger partial charge is 0.396 e. The maximum atomic E-state index is 11.3. The molecule has 0 aliphatic rings. The van der Waals surface area contributed by atoms with E-state index in [-0.39, 0.29) is 18.6 Å². The Balaban J connectivity index is 3.40. The van der Waals surface area contributed by atoms with Crippen molar-refractivity contribution in [2.75, 3.05) is 6.61 Å². The highest BCUT2D eigenvalue weighted by atomic mass is 16.2. The number of hydrogen-bond acceptors (Lipinski definition) is 2. The van der Waals surface area contributed by atoms with Gasteiger partial charge in [-0.3, -0.25) is 4.79 Å². The van der Waals surface area contributed by atoms with Crippen LogP contribution in [0.4, 0.5) is 0 Å². The number of unbranched alkanes of at least 4 members (excludes halogenated alkanes) is 2. The van der Waals surface area contributed by atoms with Crippen molar-refractivity contribution in [3.05, 3.63) is 0 Å². The summed E-state index contributed by atoms with van der Waals surface area (Å²) in [6.07, 6.45) is 5.50. The molecule has 0 spiro atoms. The van der Waals surface area contributed by atoms with Crippen molar-refractivity contribution in [2.24, 2.45) is 0 Å². The van der Waals surface area contributed by atoms with Gasteiger partial charge in [-0.2, -0.15) is 0 Å². The first kappa shape index (κ1) is 13.4. The third kappa shape index (κ3) is 8.05. The summed E-state index contributed by atoms with van der Waals surface area (Å²) in [5, 5.41) is 11.5. The molecule has 0 saturated carbocycles. The predicted molar refractivity (Wildman–Crippen MR) is 58.1 cm³/mol. The first-order valence-electron chi connectivity index (χ1n) is 5.61. The molecule has 1 unspecified atom stereocenters. The summed E-state index contributed by atoms with van der Waals surface area (Å²) in [5.41, 5.74) is 0. The molecule has 0 aliphatic carbocycles. The minimum atomic E-state index is 0.142. The van der Waals surface area contributed by atoms with Gasteiger partial charge in [-0.15, -0.1) is 0 Å². The molecule has 0 aromatic heterocycles. The van der Waals surface area contributed by atoms with Gasteiger partial charge in [0.15, 0.2) is 0 Å². The SMILES string of the molecule is CCCCCC(=O)NC(C)CCCO. The van der Waals surface area contributed by atoms with E-state index in [1.54, 1.807) is 0 Å². The zero-order valence-electron chi connectivity index (χ0n) is 9.38. The van der Waals surface area contributed by atoms with E-state index in [0.29, 0.717) is 6.42 Å². The van der Waals surface area contributed by atoms with Gasteiger partial charge in [0.05, 0.1) is 0 Å². The van der Waals surface area contributed by atoms with Crippen LogP contribution >= 0.6 is 0 Å². The number of hydrogen-bond donors (Lipinski definition) is 2. The van der Waals surface area contributed by atoms with Crippen molar-refractivity contribution in [3.63, 3.8) is 0 Å². The fourth-order valence-corrected chi connectivity index (χ4v) is 1.35. The molecule has 84 valence electrons. The van der Waals surface area contributed by atoms with Crippen LogP contribution in [0.3, 0.4) is 0 Å². The molecule has 14 heavy (non-hydrogen) atoms. The Morgan fingerprint density at radius 3 is 2.64 bits per heavy atom. The van der Waals surface area contributed by atoms with E-state index in [2.05, 4.69) is 12.2 Å². The summed E-state index contributed by atoms with van der Waals surface area (Å²) in [4.78, 5) is 11.3. The molecule has 0 saturated heterocycles. The highest BCUT2D eigenvalue weighted by Crippen LogP contribution is 2.00. The molecule has 3 heteroatoms. The van der Waals surface area contributed by atoms with E-state index >= 15 is 0 Å². The molecular formula is C11H23NO2. The molecule has 0 heterocycles. The summed E-state index contributed by atoms with van der Waals surface area (Å²) in [5.74, 6) is 0.142. The van der Waals surface area contributed by atoms with Gasteiger partial charge in [0, 0.05) is 19.1 Å². The van der Waals surface area contributed by atoms with Crippen molar-refractivity contribution in [1.82, 2.24) is 5.32 Å². The van der Waals surface area contributed by atoms with E-state index in [4.69, 9.17) is 5.11 Å². The van der Waals surface area contributed by atoms with Gasteiger partial charge in [0.2, 0.25) is 5.91 Å². The molecule has 0 rings (SSSR count). The molecule has 0 aliphatic heterocycles. The van der Waals surface area contributed by atoms with Crippen LogP contribution in [-0.2, 0) is 4.79 Å². The van der Waals surface area contributed by atoms with Crippen molar-refractivity contribution < 1.29 is 9.90 Å². The fourth-order valence-electron chi connectivity index (χ4n) is 1.35. The summed E-state index contributed by atoms with van der Waals surface area (Å²) in [6.45, 7) is 4.31. The number of carbonyl (C=O) groups is 1. The van der Waals surface area contributed by atoms with E-state index in [0.717, 1.165) is 32.1 Å². The van der Waals surface area contributed by atoms with Gasteiger partial charge < -0.3 is 10.4 Å². The summed E-state index contributed by atoms with van der Waals surface area (Å²) in [7, 11) is 0. The minimum absolute atomic E-state index is 0.142. The Bertz CT molecular complexity index is 148. The standard InChI is InChI=1S/C11H23NO2/c1-3-4-5-8-11(14)12-10(2)7-6-9-13/h10,13H,3-9H2,1-2H3,(H,12,14). The summed E-state index contributed by atoms with van der Waals surface area (Å²) >= 11 is 0. The van der Waals surface area contributed by atoms with Crippen molar-refractivity contribution in [3.8, 4) is 0 Å².